The SMILES string of the molecule is c1ccc(NCc2ccccc2OC2CCC2)nc1. The number of nitrogens with zero attached hydrogens (tertiary/aromatic N) is 1. The van der Waals surface area contributed by atoms with Crippen LogP contribution in [0.1, 0.15) is 24.8 Å². The topological polar surface area (TPSA) is 34.1 Å². The molecule has 0 spiro atoms. The Balaban J connectivity index is 1.66. The molecule has 3 nitrogen and oxygen atoms in total. The van der Waals surface area contributed by atoms with E-state index in [1.165, 1.54) is 24.8 Å². The van der Waals surface area contributed by atoms with Crippen LogP contribution >= 0.6 is 0 Å². The largest absolute Gasteiger partial charge is 0.490 e. The Morgan fingerprint density at radius 2 is 1.95 bits per heavy atom. The van der Waals surface area contributed by atoms with E-state index in [0.717, 1.165) is 18.1 Å². The van der Waals surface area contributed by atoms with Crippen molar-refractivity contribution in [2.75, 3.05) is 5.32 Å². The average molecular weight is 254 g/mol. The Kier molecular flexibility index (Phi) is 3.63. The summed E-state index contributed by atoms with van der Waals surface area (Å²) in [6.45, 7) is 0.736. The first-order valence-electron chi connectivity index (χ1n) is 6.81. The average Bonchev–Trinajstić information content (AvgIpc) is 2.43. The fourth-order valence-corrected chi connectivity index (χ4v) is 2.09. The minimum atomic E-state index is 0.413. The summed E-state index contributed by atoms with van der Waals surface area (Å²) in [4.78, 5) is 4.26. The Bertz CT molecular complexity index is 523. The summed E-state index contributed by atoms with van der Waals surface area (Å²) < 4.78 is 6.01. The minimum absolute atomic E-state index is 0.413. The lowest BCUT2D eigenvalue weighted by atomic mass is 9.96. The van der Waals surface area contributed by atoms with Gasteiger partial charge in [0, 0.05) is 18.3 Å². The quantitative estimate of drug-likeness (QED) is 0.884. The number of benzene rings is 1. The van der Waals surface area contributed by atoms with E-state index in [1.807, 2.05) is 36.4 Å². The third-order valence-electron chi connectivity index (χ3n) is 3.44. The Morgan fingerprint density at radius 3 is 2.68 bits per heavy atom. The molecule has 3 rings (SSSR count). The van der Waals surface area contributed by atoms with Crippen LogP contribution in [0.4, 0.5) is 5.82 Å². The number of anilines is 1. The summed E-state index contributed by atoms with van der Waals surface area (Å²) in [5.41, 5.74) is 1.18. The number of hydrogen-bond donors (Lipinski definition) is 1. The van der Waals surface area contributed by atoms with Gasteiger partial charge in [-0.2, -0.15) is 0 Å². The van der Waals surface area contributed by atoms with Gasteiger partial charge in [0.2, 0.25) is 0 Å². The second kappa shape index (κ2) is 5.74. The zero-order valence-electron chi connectivity index (χ0n) is 10.9. The highest BCUT2D eigenvalue weighted by molar-refractivity contribution is 5.39. The molecular formula is C16H18N2O. The number of pyridine rings is 1. The molecule has 1 fully saturated rings. The van der Waals surface area contributed by atoms with Gasteiger partial charge in [0.15, 0.2) is 0 Å². The van der Waals surface area contributed by atoms with Gasteiger partial charge in [-0.05, 0) is 37.5 Å². The van der Waals surface area contributed by atoms with Crippen molar-refractivity contribution in [2.24, 2.45) is 0 Å². The Labute approximate surface area is 113 Å². The molecule has 1 aromatic heterocycles. The van der Waals surface area contributed by atoms with Gasteiger partial charge < -0.3 is 10.1 Å². The number of rotatable bonds is 5. The lowest BCUT2D eigenvalue weighted by Crippen LogP contribution is -2.25. The van der Waals surface area contributed by atoms with Gasteiger partial charge in [-0.3, -0.25) is 0 Å². The van der Waals surface area contributed by atoms with Crippen LogP contribution in [0.25, 0.3) is 0 Å². The van der Waals surface area contributed by atoms with Crippen molar-refractivity contribution in [2.45, 2.75) is 31.9 Å². The van der Waals surface area contributed by atoms with Crippen LogP contribution in [0.3, 0.4) is 0 Å². The molecule has 98 valence electrons. The van der Waals surface area contributed by atoms with E-state index >= 15 is 0 Å². The number of ether oxygens (including phenoxy) is 1. The van der Waals surface area contributed by atoms with Crippen molar-refractivity contribution in [3.8, 4) is 5.75 Å². The smallest absolute Gasteiger partial charge is 0.126 e. The van der Waals surface area contributed by atoms with Gasteiger partial charge >= 0.3 is 0 Å². The van der Waals surface area contributed by atoms with Gasteiger partial charge in [0.25, 0.3) is 0 Å². The maximum absolute atomic E-state index is 6.01. The molecule has 1 N–H and O–H groups in total. The predicted molar refractivity (Wildman–Crippen MR) is 76.3 cm³/mol. The molecule has 1 aromatic carbocycles. The van der Waals surface area contributed by atoms with E-state index in [9.17, 15) is 0 Å². The summed E-state index contributed by atoms with van der Waals surface area (Å²) >= 11 is 0. The highest BCUT2D eigenvalue weighted by Gasteiger charge is 2.19. The normalized spacial score (nSPS) is 14.7. The first-order chi connectivity index (χ1) is 9.42. The van der Waals surface area contributed by atoms with E-state index in [4.69, 9.17) is 4.74 Å². The van der Waals surface area contributed by atoms with Crippen LogP contribution in [0.2, 0.25) is 0 Å². The van der Waals surface area contributed by atoms with Crippen molar-refractivity contribution >= 4 is 5.82 Å². The number of hydrogen-bond acceptors (Lipinski definition) is 3. The molecule has 1 aliphatic rings. The van der Waals surface area contributed by atoms with Crippen LogP contribution in [0, 0.1) is 0 Å². The fourth-order valence-electron chi connectivity index (χ4n) is 2.09. The summed E-state index contributed by atoms with van der Waals surface area (Å²) in [6, 6.07) is 14.1. The van der Waals surface area contributed by atoms with Crippen molar-refractivity contribution in [1.29, 1.82) is 0 Å². The third-order valence-corrected chi connectivity index (χ3v) is 3.44. The van der Waals surface area contributed by atoms with Crippen molar-refractivity contribution in [1.82, 2.24) is 4.98 Å². The van der Waals surface area contributed by atoms with Gasteiger partial charge in [-0.1, -0.05) is 24.3 Å². The molecule has 1 saturated carbocycles. The van der Waals surface area contributed by atoms with Gasteiger partial charge in [0.1, 0.15) is 11.6 Å². The molecule has 0 radical (unpaired) electrons. The number of aromatic nitrogens is 1. The van der Waals surface area contributed by atoms with Crippen LogP contribution in [-0.2, 0) is 6.54 Å². The van der Waals surface area contributed by atoms with Gasteiger partial charge in [0.05, 0.1) is 6.10 Å². The van der Waals surface area contributed by atoms with E-state index in [1.54, 1.807) is 6.20 Å². The molecule has 0 unspecified atom stereocenters. The second-order valence-electron chi connectivity index (χ2n) is 4.85. The lowest BCUT2D eigenvalue weighted by Gasteiger charge is -2.27. The summed E-state index contributed by atoms with van der Waals surface area (Å²) in [5.74, 6) is 1.89. The summed E-state index contributed by atoms with van der Waals surface area (Å²) in [7, 11) is 0. The van der Waals surface area contributed by atoms with Gasteiger partial charge in [-0.15, -0.1) is 0 Å². The highest BCUT2D eigenvalue weighted by atomic mass is 16.5. The van der Waals surface area contributed by atoms with E-state index < -0.39 is 0 Å². The van der Waals surface area contributed by atoms with E-state index in [0.29, 0.717) is 6.10 Å². The second-order valence-corrected chi connectivity index (χ2v) is 4.85. The first kappa shape index (κ1) is 12.0. The summed E-state index contributed by atoms with van der Waals surface area (Å²) in [5, 5.41) is 3.32. The number of nitrogens with one attached hydrogen (secondary N) is 1. The van der Waals surface area contributed by atoms with Crippen molar-refractivity contribution in [3.05, 3.63) is 54.2 Å². The van der Waals surface area contributed by atoms with Crippen molar-refractivity contribution in [3.63, 3.8) is 0 Å². The standard InChI is InChI=1S/C16H18N2O/c1-2-9-15(19-14-7-5-8-14)13(6-1)12-18-16-10-3-4-11-17-16/h1-4,6,9-11,14H,5,7-8,12H2,(H,17,18). The zero-order chi connectivity index (χ0) is 12.9. The predicted octanol–water partition coefficient (Wildman–Crippen LogP) is 3.63. The Hall–Kier alpha value is -2.03. The van der Waals surface area contributed by atoms with Crippen LogP contribution in [0.5, 0.6) is 5.75 Å². The molecule has 0 bridgehead atoms. The molecule has 3 heteroatoms. The third kappa shape index (κ3) is 3.05. The Morgan fingerprint density at radius 1 is 1.11 bits per heavy atom. The lowest BCUT2D eigenvalue weighted by molar-refractivity contribution is 0.119. The molecule has 2 aromatic rings. The molecule has 19 heavy (non-hydrogen) atoms. The molecule has 0 amide bonds. The maximum atomic E-state index is 6.01. The number of para-hydroxylation sites is 1. The monoisotopic (exact) mass is 254 g/mol. The first-order valence-corrected chi connectivity index (χ1v) is 6.81. The molecular weight excluding hydrogens is 236 g/mol. The zero-order valence-corrected chi connectivity index (χ0v) is 10.9. The van der Waals surface area contributed by atoms with Crippen LogP contribution in [-0.4, -0.2) is 11.1 Å². The van der Waals surface area contributed by atoms with Crippen molar-refractivity contribution < 1.29 is 4.74 Å². The van der Waals surface area contributed by atoms with Gasteiger partial charge in [-0.25, -0.2) is 4.98 Å². The highest BCUT2D eigenvalue weighted by Crippen LogP contribution is 2.27. The molecule has 0 saturated heterocycles. The minimum Gasteiger partial charge on any atom is -0.490 e. The molecule has 0 aliphatic heterocycles. The van der Waals surface area contributed by atoms with E-state index in [-0.39, 0.29) is 0 Å². The van der Waals surface area contributed by atoms with Crippen LogP contribution in [0.15, 0.2) is 48.7 Å². The van der Waals surface area contributed by atoms with E-state index in [2.05, 4.69) is 16.4 Å². The fraction of sp³-hybridized carbons (Fsp3) is 0.312. The maximum Gasteiger partial charge on any atom is 0.126 e. The molecule has 1 heterocycles. The molecule has 0 atom stereocenters. The summed E-state index contributed by atoms with van der Waals surface area (Å²) in [6.07, 6.45) is 5.86. The molecule has 1 aliphatic carbocycles. The van der Waals surface area contributed by atoms with Crippen LogP contribution < -0.4 is 10.1 Å².